The molecule has 3 rings (SSSR count). The molecule has 1 aliphatic carbocycles. The third-order valence-corrected chi connectivity index (χ3v) is 5.88. The Morgan fingerprint density at radius 1 is 1.21 bits per heavy atom. The highest BCUT2D eigenvalue weighted by Gasteiger charge is 2.21. The molecule has 28 heavy (non-hydrogen) atoms. The zero-order chi connectivity index (χ0) is 19.9. The van der Waals surface area contributed by atoms with Gasteiger partial charge >= 0.3 is 6.09 Å². The van der Waals surface area contributed by atoms with E-state index in [2.05, 4.69) is 16.8 Å². The number of halogens is 1. The van der Waals surface area contributed by atoms with E-state index in [1.807, 2.05) is 37.3 Å². The Bertz CT molecular complexity index is 777. The average molecular weight is 403 g/mol. The van der Waals surface area contributed by atoms with E-state index in [1.54, 1.807) is 0 Å². The van der Waals surface area contributed by atoms with Crippen LogP contribution in [-0.4, -0.2) is 17.2 Å². The Hall–Kier alpha value is -1.94. The van der Waals surface area contributed by atoms with Gasteiger partial charge < -0.3 is 14.6 Å². The number of hydrogen-bond donors (Lipinski definition) is 1. The van der Waals surface area contributed by atoms with E-state index < -0.39 is 0 Å². The molecule has 1 fully saturated rings. The van der Waals surface area contributed by atoms with Crippen LogP contribution in [0.15, 0.2) is 30.3 Å². The maximum absolute atomic E-state index is 12.2. The van der Waals surface area contributed by atoms with Crippen LogP contribution in [0.5, 0.6) is 5.75 Å². The molecule has 0 saturated heterocycles. The van der Waals surface area contributed by atoms with Crippen molar-refractivity contribution in [3.05, 3.63) is 41.0 Å². The van der Waals surface area contributed by atoms with Crippen molar-refractivity contribution in [3.8, 4) is 17.0 Å². The molecule has 0 aliphatic heterocycles. The molecule has 0 bridgehead atoms. The first-order valence-electron chi connectivity index (χ1n) is 10.5. The monoisotopic (exact) mass is 402 g/mol. The van der Waals surface area contributed by atoms with Crippen LogP contribution in [0.25, 0.3) is 11.3 Å². The summed E-state index contributed by atoms with van der Waals surface area (Å²) >= 11 is 6.08. The first-order chi connectivity index (χ1) is 13.6. The van der Waals surface area contributed by atoms with Crippen molar-refractivity contribution in [3.63, 3.8) is 0 Å². The molecule has 1 aromatic carbocycles. The van der Waals surface area contributed by atoms with Gasteiger partial charge in [0.25, 0.3) is 0 Å². The second kappa shape index (κ2) is 10.0. The molecular weight excluding hydrogens is 372 g/mol. The van der Waals surface area contributed by atoms with Crippen LogP contribution >= 0.6 is 11.6 Å². The largest absolute Gasteiger partial charge is 0.412 e. The number of amides is 1. The number of carbonyl (C=O) groups excluding carboxylic acids is 1. The number of rotatable bonds is 7. The number of benzene rings is 1. The van der Waals surface area contributed by atoms with E-state index in [-0.39, 0.29) is 6.09 Å². The molecule has 1 aliphatic rings. The number of unbranched alkanes of at least 4 members (excludes halogenated alkanes) is 1. The SMILES string of the molecule is CCCCNC(=O)Oc1cc(-c2ccc(Cl)cc2)n(CC2CCCCC2)c1C. The van der Waals surface area contributed by atoms with Gasteiger partial charge in [0.15, 0.2) is 5.75 Å². The minimum absolute atomic E-state index is 0.381. The Balaban J connectivity index is 1.85. The van der Waals surface area contributed by atoms with Gasteiger partial charge in [0, 0.05) is 24.2 Å². The predicted molar refractivity (Wildman–Crippen MR) is 115 cm³/mol. The average Bonchev–Trinajstić information content (AvgIpc) is 2.99. The van der Waals surface area contributed by atoms with E-state index in [1.165, 1.54) is 32.1 Å². The molecule has 0 unspecified atom stereocenters. The number of carbonyl (C=O) groups is 1. The maximum Gasteiger partial charge on any atom is 0.412 e. The van der Waals surface area contributed by atoms with Crippen molar-refractivity contribution >= 4 is 17.7 Å². The van der Waals surface area contributed by atoms with Crippen LogP contribution in [0.1, 0.15) is 57.6 Å². The summed E-state index contributed by atoms with van der Waals surface area (Å²) < 4.78 is 7.96. The molecule has 0 radical (unpaired) electrons. The second-order valence-corrected chi connectivity index (χ2v) is 8.21. The lowest BCUT2D eigenvalue weighted by Gasteiger charge is -2.24. The molecule has 5 heteroatoms. The predicted octanol–water partition coefficient (Wildman–Crippen LogP) is 6.59. The van der Waals surface area contributed by atoms with Gasteiger partial charge in [0.2, 0.25) is 0 Å². The zero-order valence-electron chi connectivity index (χ0n) is 17.0. The molecule has 0 atom stereocenters. The minimum atomic E-state index is -0.381. The molecule has 1 N–H and O–H groups in total. The lowest BCUT2D eigenvalue weighted by molar-refractivity contribution is 0.200. The van der Waals surface area contributed by atoms with E-state index in [9.17, 15) is 4.79 Å². The minimum Gasteiger partial charge on any atom is -0.408 e. The quantitative estimate of drug-likeness (QED) is 0.531. The first kappa shape index (κ1) is 20.8. The Labute approximate surface area is 173 Å². The highest BCUT2D eigenvalue weighted by Crippen LogP contribution is 2.34. The number of nitrogens with one attached hydrogen (secondary N) is 1. The number of ether oxygens (including phenoxy) is 1. The summed E-state index contributed by atoms with van der Waals surface area (Å²) in [4.78, 5) is 12.2. The fraction of sp³-hybridized carbons (Fsp3) is 0.522. The molecule has 1 heterocycles. The molecule has 1 amide bonds. The van der Waals surface area contributed by atoms with Gasteiger partial charge in [0.1, 0.15) is 0 Å². The third-order valence-electron chi connectivity index (χ3n) is 5.63. The first-order valence-corrected chi connectivity index (χ1v) is 10.9. The highest BCUT2D eigenvalue weighted by molar-refractivity contribution is 6.30. The summed E-state index contributed by atoms with van der Waals surface area (Å²) in [6.45, 7) is 5.74. The van der Waals surface area contributed by atoms with Gasteiger partial charge in [0.05, 0.1) is 11.4 Å². The van der Waals surface area contributed by atoms with Crippen LogP contribution in [0.4, 0.5) is 4.79 Å². The Kier molecular flexibility index (Phi) is 7.43. The second-order valence-electron chi connectivity index (χ2n) is 7.77. The van der Waals surface area contributed by atoms with Gasteiger partial charge in [-0.15, -0.1) is 0 Å². The lowest BCUT2D eigenvalue weighted by Crippen LogP contribution is -2.27. The normalized spacial score (nSPS) is 14.8. The van der Waals surface area contributed by atoms with Crippen molar-refractivity contribution in [2.45, 2.75) is 65.3 Å². The molecule has 1 aromatic heterocycles. The summed E-state index contributed by atoms with van der Waals surface area (Å²) in [6.07, 6.45) is 8.11. The molecule has 2 aromatic rings. The number of hydrogen-bond acceptors (Lipinski definition) is 2. The summed E-state index contributed by atoms with van der Waals surface area (Å²) in [5, 5.41) is 3.55. The number of nitrogens with zero attached hydrogens (tertiary/aromatic N) is 1. The smallest absolute Gasteiger partial charge is 0.408 e. The van der Waals surface area contributed by atoms with Crippen molar-refractivity contribution in [1.82, 2.24) is 9.88 Å². The summed E-state index contributed by atoms with van der Waals surface area (Å²) in [5.41, 5.74) is 3.17. The maximum atomic E-state index is 12.2. The van der Waals surface area contributed by atoms with Crippen LogP contribution in [0.2, 0.25) is 5.02 Å². The van der Waals surface area contributed by atoms with Crippen molar-refractivity contribution in [2.75, 3.05) is 6.54 Å². The molecule has 4 nitrogen and oxygen atoms in total. The molecule has 152 valence electrons. The highest BCUT2D eigenvalue weighted by atomic mass is 35.5. The van der Waals surface area contributed by atoms with E-state index in [4.69, 9.17) is 16.3 Å². The zero-order valence-corrected chi connectivity index (χ0v) is 17.7. The van der Waals surface area contributed by atoms with Gasteiger partial charge in [-0.2, -0.15) is 0 Å². The summed E-state index contributed by atoms with van der Waals surface area (Å²) in [6, 6.07) is 9.85. The van der Waals surface area contributed by atoms with Crippen LogP contribution < -0.4 is 10.1 Å². The summed E-state index contributed by atoms with van der Waals surface area (Å²) in [7, 11) is 0. The van der Waals surface area contributed by atoms with Crippen molar-refractivity contribution in [1.29, 1.82) is 0 Å². The number of aromatic nitrogens is 1. The standard InChI is InChI=1S/C23H31ClN2O2/c1-3-4-14-25-23(27)28-22-15-21(19-10-12-20(24)13-11-19)26(17(22)2)16-18-8-6-5-7-9-18/h10-13,15,18H,3-9,14,16H2,1-2H3,(H,25,27). The fourth-order valence-electron chi connectivity index (χ4n) is 3.95. The van der Waals surface area contributed by atoms with Crippen LogP contribution in [0, 0.1) is 12.8 Å². The van der Waals surface area contributed by atoms with Crippen molar-refractivity contribution in [2.24, 2.45) is 5.92 Å². The van der Waals surface area contributed by atoms with Crippen LogP contribution in [-0.2, 0) is 6.54 Å². The Morgan fingerprint density at radius 3 is 2.61 bits per heavy atom. The van der Waals surface area contributed by atoms with E-state index in [0.29, 0.717) is 18.2 Å². The van der Waals surface area contributed by atoms with Gasteiger partial charge in [-0.3, -0.25) is 0 Å². The van der Waals surface area contributed by atoms with Gasteiger partial charge in [-0.25, -0.2) is 4.79 Å². The fourth-order valence-corrected chi connectivity index (χ4v) is 4.08. The van der Waals surface area contributed by atoms with Gasteiger partial charge in [-0.1, -0.05) is 56.3 Å². The van der Waals surface area contributed by atoms with Crippen molar-refractivity contribution < 1.29 is 9.53 Å². The third kappa shape index (κ3) is 5.32. The summed E-state index contributed by atoms with van der Waals surface area (Å²) in [5.74, 6) is 1.31. The molecular formula is C23H31ClN2O2. The topological polar surface area (TPSA) is 43.3 Å². The molecule has 0 spiro atoms. The Morgan fingerprint density at radius 2 is 1.93 bits per heavy atom. The lowest BCUT2D eigenvalue weighted by atomic mass is 9.89. The molecule has 1 saturated carbocycles. The van der Waals surface area contributed by atoms with E-state index in [0.717, 1.165) is 41.4 Å². The van der Waals surface area contributed by atoms with Crippen LogP contribution in [0.3, 0.4) is 0 Å². The van der Waals surface area contributed by atoms with E-state index >= 15 is 0 Å². The van der Waals surface area contributed by atoms with Gasteiger partial charge in [-0.05, 0) is 49.8 Å².